The molecule has 1 atom stereocenters. The van der Waals surface area contributed by atoms with Crippen molar-refractivity contribution in [1.29, 1.82) is 0 Å². The van der Waals surface area contributed by atoms with Gasteiger partial charge in [0.1, 0.15) is 5.82 Å². The van der Waals surface area contributed by atoms with Crippen molar-refractivity contribution in [3.8, 4) is 0 Å². The van der Waals surface area contributed by atoms with Crippen LogP contribution in [0.25, 0.3) is 0 Å². The van der Waals surface area contributed by atoms with Gasteiger partial charge < -0.3 is 10.1 Å². The van der Waals surface area contributed by atoms with E-state index in [1.165, 1.54) is 17.2 Å². The number of benzene rings is 2. The Morgan fingerprint density at radius 1 is 1.10 bits per heavy atom. The molecule has 1 aliphatic rings. The highest BCUT2D eigenvalue weighted by molar-refractivity contribution is 6.30. The van der Waals surface area contributed by atoms with Crippen molar-refractivity contribution in [3.05, 3.63) is 69.5 Å². The standard InChI is InChI=1S/C16H15ClFNO/c1-19-16(11-4-5-15(18)14(17)7-11)10-2-3-12-8-20-9-13(12)6-10/h2-7,16,19H,8-9H2,1H3. The minimum absolute atomic E-state index is 0.0148. The van der Waals surface area contributed by atoms with Crippen molar-refractivity contribution in [1.82, 2.24) is 5.32 Å². The van der Waals surface area contributed by atoms with Crippen LogP contribution in [0.15, 0.2) is 36.4 Å². The van der Waals surface area contributed by atoms with E-state index in [9.17, 15) is 4.39 Å². The molecule has 0 saturated heterocycles. The largest absolute Gasteiger partial charge is 0.372 e. The van der Waals surface area contributed by atoms with Gasteiger partial charge in [-0.15, -0.1) is 0 Å². The molecule has 0 spiro atoms. The number of nitrogens with one attached hydrogen (secondary N) is 1. The molecule has 2 aromatic carbocycles. The molecule has 4 heteroatoms. The third-order valence-electron chi connectivity index (χ3n) is 3.64. The molecule has 2 aromatic rings. The third-order valence-corrected chi connectivity index (χ3v) is 3.93. The van der Waals surface area contributed by atoms with Gasteiger partial charge in [-0.25, -0.2) is 4.39 Å². The number of hydrogen-bond acceptors (Lipinski definition) is 2. The molecule has 0 saturated carbocycles. The SMILES string of the molecule is CNC(c1ccc(F)c(Cl)c1)c1ccc2c(c1)COC2. The molecule has 0 bridgehead atoms. The lowest BCUT2D eigenvalue weighted by atomic mass is 9.96. The summed E-state index contributed by atoms with van der Waals surface area (Å²) in [6.07, 6.45) is 0. The Bertz CT molecular complexity index is 644. The average molecular weight is 292 g/mol. The Labute approximate surface area is 122 Å². The summed E-state index contributed by atoms with van der Waals surface area (Å²) in [6.45, 7) is 1.34. The van der Waals surface area contributed by atoms with E-state index in [1.54, 1.807) is 12.1 Å². The highest BCUT2D eigenvalue weighted by Gasteiger charge is 2.17. The highest BCUT2D eigenvalue weighted by atomic mass is 35.5. The molecule has 0 aromatic heterocycles. The van der Waals surface area contributed by atoms with Gasteiger partial charge in [0.2, 0.25) is 0 Å². The predicted octanol–water partition coefficient (Wildman–Crippen LogP) is 3.82. The molecule has 104 valence electrons. The van der Waals surface area contributed by atoms with E-state index in [1.807, 2.05) is 7.05 Å². The van der Waals surface area contributed by atoms with E-state index >= 15 is 0 Å². The van der Waals surface area contributed by atoms with E-state index < -0.39 is 5.82 Å². The molecule has 1 unspecified atom stereocenters. The van der Waals surface area contributed by atoms with E-state index in [2.05, 4.69) is 23.5 Å². The molecule has 0 aliphatic carbocycles. The van der Waals surface area contributed by atoms with Crippen molar-refractivity contribution in [2.45, 2.75) is 19.3 Å². The normalized spacial score (nSPS) is 15.2. The number of fused-ring (bicyclic) bond motifs is 1. The van der Waals surface area contributed by atoms with Crippen molar-refractivity contribution in [3.63, 3.8) is 0 Å². The van der Waals surface area contributed by atoms with Crippen LogP contribution < -0.4 is 5.32 Å². The minimum atomic E-state index is -0.396. The molecule has 3 rings (SSSR count). The van der Waals surface area contributed by atoms with Crippen LogP contribution in [0.4, 0.5) is 4.39 Å². The van der Waals surface area contributed by atoms with E-state index in [-0.39, 0.29) is 11.1 Å². The minimum Gasteiger partial charge on any atom is -0.372 e. The van der Waals surface area contributed by atoms with Crippen LogP contribution in [0.1, 0.15) is 28.3 Å². The fraction of sp³-hybridized carbons (Fsp3) is 0.250. The molecule has 0 amide bonds. The van der Waals surface area contributed by atoms with Crippen LogP contribution in [-0.2, 0) is 18.0 Å². The maximum absolute atomic E-state index is 13.3. The van der Waals surface area contributed by atoms with Crippen LogP contribution in [0.2, 0.25) is 5.02 Å². The van der Waals surface area contributed by atoms with Crippen molar-refractivity contribution >= 4 is 11.6 Å². The van der Waals surface area contributed by atoms with Gasteiger partial charge in [0, 0.05) is 0 Å². The first-order valence-corrected chi connectivity index (χ1v) is 6.88. The fourth-order valence-electron chi connectivity index (χ4n) is 2.59. The van der Waals surface area contributed by atoms with Crippen LogP contribution in [0.5, 0.6) is 0 Å². The predicted molar refractivity (Wildman–Crippen MR) is 77.2 cm³/mol. The monoisotopic (exact) mass is 291 g/mol. The van der Waals surface area contributed by atoms with Crippen LogP contribution in [-0.4, -0.2) is 7.05 Å². The van der Waals surface area contributed by atoms with E-state index in [4.69, 9.17) is 16.3 Å². The van der Waals surface area contributed by atoms with Crippen LogP contribution in [0, 0.1) is 5.82 Å². The average Bonchev–Trinajstić information content (AvgIpc) is 2.91. The first-order chi connectivity index (χ1) is 9.69. The zero-order valence-corrected chi connectivity index (χ0v) is 11.9. The molecule has 1 aliphatic heterocycles. The highest BCUT2D eigenvalue weighted by Crippen LogP contribution is 2.29. The summed E-state index contributed by atoms with van der Waals surface area (Å²) in [5, 5.41) is 3.40. The zero-order valence-electron chi connectivity index (χ0n) is 11.1. The summed E-state index contributed by atoms with van der Waals surface area (Å²) in [4.78, 5) is 0. The smallest absolute Gasteiger partial charge is 0.141 e. The number of rotatable bonds is 3. The molecule has 1 heterocycles. The first-order valence-electron chi connectivity index (χ1n) is 6.50. The molecule has 0 fully saturated rings. The van der Waals surface area contributed by atoms with Gasteiger partial charge in [0.25, 0.3) is 0 Å². The quantitative estimate of drug-likeness (QED) is 0.928. The second kappa shape index (κ2) is 5.52. The second-order valence-electron chi connectivity index (χ2n) is 4.92. The summed E-state index contributed by atoms with van der Waals surface area (Å²) in [6, 6.07) is 11.1. The van der Waals surface area contributed by atoms with Gasteiger partial charge in [0.05, 0.1) is 24.3 Å². The van der Waals surface area contributed by atoms with Gasteiger partial charge in [0.15, 0.2) is 0 Å². The third kappa shape index (κ3) is 2.44. The van der Waals surface area contributed by atoms with Gasteiger partial charge in [-0.2, -0.15) is 0 Å². The maximum atomic E-state index is 13.3. The zero-order chi connectivity index (χ0) is 14.1. The van der Waals surface area contributed by atoms with Crippen molar-refractivity contribution < 1.29 is 9.13 Å². The summed E-state index contributed by atoms with van der Waals surface area (Å²) >= 11 is 5.87. The molecular formula is C16H15ClFNO. The summed E-state index contributed by atoms with van der Waals surface area (Å²) in [7, 11) is 1.88. The Balaban J connectivity index is 1.98. The summed E-state index contributed by atoms with van der Waals surface area (Å²) < 4.78 is 18.7. The van der Waals surface area contributed by atoms with Gasteiger partial charge >= 0.3 is 0 Å². The van der Waals surface area contributed by atoms with Gasteiger partial charge in [-0.05, 0) is 41.4 Å². The topological polar surface area (TPSA) is 21.3 Å². The molecule has 0 radical (unpaired) electrons. The van der Waals surface area contributed by atoms with Crippen LogP contribution >= 0.6 is 11.6 Å². The number of hydrogen-bond donors (Lipinski definition) is 1. The lowest BCUT2D eigenvalue weighted by molar-refractivity contribution is 0.134. The van der Waals surface area contributed by atoms with Crippen molar-refractivity contribution in [2.24, 2.45) is 0 Å². The molecule has 1 N–H and O–H groups in total. The number of ether oxygens (including phenoxy) is 1. The molecule has 2 nitrogen and oxygen atoms in total. The second-order valence-corrected chi connectivity index (χ2v) is 5.32. The fourth-order valence-corrected chi connectivity index (χ4v) is 2.78. The Hall–Kier alpha value is -1.42. The van der Waals surface area contributed by atoms with Crippen LogP contribution in [0.3, 0.4) is 0 Å². The van der Waals surface area contributed by atoms with E-state index in [0.29, 0.717) is 13.2 Å². The summed E-state index contributed by atoms with van der Waals surface area (Å²) in [5.74, 6) is -0.396. The molecule has 20 heavy (non-hydrogen) atoms. The summed E-state index contributed by atoms with van der Waals surface area (Å²) in [5.41, 5.74) is 4.52. The lowest BCUT2D eigenvalue weighted by Gasteiger charge is -2.18. The molecular weight excluding hydrogens is 277 g/mol. The Morgan fingerprint density at radius 3 is 2.55 bits per heavy atom. The Morgan fingerprint density at radius 2 is 1.80 bits per heavy atom. The van der Waals surface area contributed by atoms with E-state index in [0.717, 1.165) is 11.1 Å². The maximum Gasteiger partial charge on any atom is 0.141 e. The Kier molecular flexibility index (Phi) is 3.74. The lowest BCUT2D eigenvalue weighted by Crippen LogP contribution is -2.18. The van der Waals surface area contributed by atoms with Crippen molar-refractivity contribution in [2.75, 3.05) is 7.05 Å². The number of halogens is 2. The first kappa shape index (κ1) is 13.6. The van der Waals surface area contributed by atoms with Gasteiger partial charge in [-0.3, -0.25) is 0 Å². The van der Waals surface area contributed by atoms with Gasteiger partial charge in [-0.1, -0.05) is 35.9 Å².